The Balaban J connectivity index is 1.58. The van der Waals surface area contributed by atoms with E-state index >= 15 is 0 Å². The van der Waals surface area contributed by atoms with Crippen molar-refractivity contribution < 1.29 is 4.79 Å². The molecule has 2 fully saturated rings. The van der Waals surface area contributed by atoms with E-state index in [1.54, 1.807) is 6.21 Å². The number of carbonyl (C=O) groups is 1. The number of benzene rings is 1. The van der Waals surface area contributed by atoms with E-state index in [4.69, 9.17) is 0 Å². The first kappa shape index (κ1) is 13.8. The van der Waals surface area contributed by atoms with E-state index < -0.39 is 0 Å². The lowest BCUT2D eigenvalue weighted by Gasteiger charge is -2.15. The molecule has 4 heteroatoms. The summed E-state index contributed by atoms with van der Waals surface area (Å²) in [5.74, 6) is 0.840. The van der Waals surface area contributed by atoms with Crippen LogP contribution in [0.25, 0.3) is 0 Å². The van der Waals surface area contributed by atoms with Crippen LogP contribution in [0.4, 0.5) is 0 Å². The summed E-state index contributed by atoms with van der Waals surface area (Å²) >= 11 is 3.42. The second-order valence-corrected chi connectivity index (χ2v) is 7.04. The van der Waals surface area contributed by atoms with Crippen LogP contribution in [-0.4, -0.2) is 12.1 Å². The zero-order valence-corrected chi connectivity index (χ0v) is 13.2. The third-order valence-electron chi connectivity index (χ3n) is 4.85. The number of amides is 1. The van der Waals surface area contributed by atoms with Gasteiger partial charge in [0.15, 0.2) is 0 Å². The highest BCUT2D eigenvalue weighted by atomic mass is 79.9. The van der Waals surface area contributed by atoms with E-state index in [0.717, 1.165) is 10.0 Å². The maximum Gasteiger partial charge on any atom is 0.244 e. The molecule has 3 atom stereocenters. The molecule has 0 spiro atoms. The Morgan fingerprint density at radius 2 is 2.35 bits per heavy atom. The topological polar surface area (TPSA) is 41.5 Å². The van der Waals surface area contributed by atoms with Crippen molar-refractivity contribution in [1.82, 2.24) is 5.43 Å². The third kappa shape index (κ3) is 2.53. The summed E-state index contributed by atoms with van der Waals surface area (Å²) in [6.45, 7) is 2.25. The number of hydrogen-bond acceptors (Lipinski definition) is 2. The van der Waals surface area contributed by atoms with Gasteiger partial charge in [-0.3, -0.25) is 4.79 Å². The number of carbonyl (C=O) groups excluding carboxylic acids is 1. The van der Waals surface area contributed by atoms with E-state index in [1.165, 1.54) is 25.7 Å². The quantitative estimate of drug-likeness (QED) is 0.664. The normalized spacial score (nSPS) is 31.9. The summed E-state index contributed by atoms with van der Waals surface area (Å²) in [6, 6.07) is 7.84. The number of hydrazone groups is 1. The lowest BCUT2D eigenvalue weighted by atomic mass is 9.90. The first-order chi connectivity index (χ1) is 9.61. The predicted octanol–water partition coefficient (Wildman–Crippen LogP) is 3.73. The summed E-state index contributed by atoms with van der Waals surface area (Å²) in [5.41, 5.74) is 3.92. The molecule has 3 nitrogen and oxygen atoms in total. The van der Waals surface area contributed by atoms with Crippen LogP contribution in [0.15, 0.2) is 33.8 Å². The Morgan fingerprint density at radius 3 is 3.05 bits per heavy atom. The van der Waals surface area contributed by atoms with Crippen molar-refractivity contribution in [3.8, 4) is 0 Å². The van der Waals surface area contributed by atoms with E-state index in [0.29, 0.717) is 5.92 Å². The van der Waals surface area contributed by atoms with Crippen molar-refractivity contribution >= 4 is 28.1 Å². The van der Waals surface area contributed by atoms with E-state index in [2.05, 4.69) is 33.4 Å². The van der Waals surface area contributed by atoms with Gasteiger partial charge in [-0.1, -0.05) is 47.8 Å². The summed E-state index contributed by atoms with van der Waals surface area (Å²) < 4.78 is 1.01. The van der Waals surface area contributed by atoms with Gasteiger partial charge in [0.1, 0.15) is 0 Å². The molecule has 2 aliphatic carbocycles. The molecule has 2 aliphatic rings. The van der Waals surface area contributed by atoms with E-state index in [1.807, 2.05) is 24.3 Å². The third-order valence-corrected chi connectivity index (χ3v) is 5.34. The van der Waals surface area contributed by atoms with Gasteiger partial charge < -0.3 is 0 Å². The summed E-state index contributed by atoms with van der Waals surface area (Å²) in [5, 5.41) is 4.09. The zero-order valence-electron chi connectivity index (χ0n) is 11.6. The van der Waals surface area contributed by atoms with Crippen LogP contribution in [0.5, 0.6) is 0 Å². The van der Waals surface area contributed by atoms with Crippen molar-refractivity contribution in [2.75, 3.05) is 0 Å². The van der Waals surface area contributed by atoms with Gasteiger partial charge in [-0.25, -0.2) is 5.43 Å². The standard InChI is InChI=1S/C16H19BrN2O/c1-16-8-3-2-7-13(16)14(16)15(20)19-18-10-11-5-4-6-12(17)9-11/h4-6,9-10,13-14H,2-3,7-8H2,1H3,(H,19,20)/b18-10-/t13-,14-,16+/m1/s1. The molecular weight excluding hydrogens is 316 g/mol. The van der Waals surface area contributed by atoms with Gasteiger partial charge in [0, 0.05) is 10.4 Å². The molecule has 2 saturated carbocycles. The molecule has 106 valence electrons. The Labute approximate surface area is 128 Å². The molecule has 1 aromatic carbocycles. The van der Waals surface area contributed by atoms with Crippen molar-refractivity contribution in [3.05, 3.63) is 34.3 Å². The number of nitrogens with one attached hydrogen (secondary N) is 1. The lowest BCUT2D eigenvalue weighted by molar-refractivity contribution is -0.123. The zero-order chi connectivity index (χ0) is 14.2. The van der Waals surface area contributed by atoms with Crippen LogP contribution in [0, 0.1) is 17.3 Å². The fraction of sp³-hybridized carbons (Fsp3) is 0.500. The average molecular weight is 335 g/mol. The highest BCUT2D eigenvalue weighted by Gasteiger charge is 2.64. The monoisotopic (exact) mass is 334 g/mol. The van der Waals surface area contributed by atoms with Crippen LogP contribution < -0.4 is 5.43 Å². The molecule has 3 rings (SSSR count). The van der Waals surface area contributed by atoms with Crippen LogP contribution in [0.3, 0.4) is 0 Å². The first-order valence-electron chi connectivity index (χ1n) is 7.20. The molecule has 1 amide bonds. The number of nitrogens with zero attached hydrogens (tertiary/aromatic N) is 1. The van der Waals surface area contributed by atoms with Crippen molar-refractivity contribution in [2.24, 2.45) is 22.4 Å². The van der Waals surface area contributed by atoms with Gasteiger partial charge in [-0.05, 0) is 41.9 Å². The maximum atomic E-state index is 12.2. The fourth-order valence-corrected chi connectivity index (χ4v) is 4.09. The Morgan fingerprint density at radius 1 is 1.50 bits per heavy atom. The molecule has 0 heterocycles. The van der Waals surface area contributed by atoms with Gasteiger partial charge in [0.25, 0.3) is 0 Å². The highest BCUT2D eigenvalue weighted by Crippen LogP contribution is 2.66. The molecule has 20 heavy (non-hydrogen) atoms. The Bertz CT molecular complexity index is 557. The predicted molar refractivity (Wildman–Crippen MR) is 83.4 cm³/mol. The van der Waals surface area contributed by atoms with Gasteiger partial charge >= 0.3 is 0 Å². The van der Waals surface area contributed by atoms with Crippen LogP contribution in [-0.2, 0) is 4.79 Å². The lowest BCUT2D eigenvalue weighted by Crippen LogP contribution is -2.22. The van der Waals surface area contributed by atoms with Crippen LogP contribution in [0.1, 0.15) is 38.2 Å². The van der Waals surface area contributed by atoms with Crippen molar-refractivity contribution in [1.29, 1.82) is 0 Å². The molecular formula is C16H19BrN2O. The Kier molecular flexibility index (Phi) is 3.67. The van der Waals surface area contributed by atoms with E-state index in [9.17, 15) is 4.79 Å². The summed E-state index contributed by atoms with van der Waals surface area (Å²) in [7, 11) is 0. The number of fused-ring (bicyclic) bond motifs is 1. The minimum atomic E-state index is 0.0886. The largest absolute Gasteiger partial charge is 0.273 e. The number of rotatable bonds is 3. The van der Waals surface area contributed by atoms with E-state index in [-0.39, 0.29) is 17.2 Å². The molecule has 1 N–H and O–H groups in total. The molecule has 0 aromatic heterocycles. The summed E-state index contributed by atoms with van der Waals surface area (Å²) in [4.78, 5) is 12.2. The van der Waals surface area contributed by atoms with Crippen LogP contribution in [0.2, 0.25) is 0 Å². The molecule has 0 aliphatic heterocycles. The Hall–Kier alpha value is -1.16. The number of hydrogen-bond donors (Lipinski definition) is 1. The first-order valence-corrected chi connectivity index (χ1v) is 7.99. The maximum absolute atomic E-state index is 12.2. The second-order valence-electron chi connectivity index (χ2n) is 6.13. The molecule has 0 unspecified atom stereocenters. The SMILES string of the molecule is C[C@]12CCCC[C@@H]1[C@@H]2C(=O)N/N=C\c1cccc(Br)c1. The van der Waals surface area contributed by atoms with Gasteiger partial charge in [-0.2, -0.15) is 5.10 Å². The van der Waals surface area contributed by atoms with Gasteiger partial charge in [-0.15, -0.1) is 0 Å². The van der Waals surface area contributed by atoms with Crippen molar-refractivity contribution in [2.45, 2.75) is 32.6 Å². The molecule has 0 radical (unpaired) electrons. The summed E-state index contributed by atoms with van der Waals surface area (Å²) in [6.07, 6.45) is 6.61. The average Bonchev–Trinajstić information content (AvgIpc) is 3.04. The second kappa shape index (κ2) is 5.32. The minimum absolute atomic E-state index is 0.0886. The number of halogens is 1. The van der Waals surface area contributed by atoms with Crippen molar-refractivity contribution in [3.63, 3.8) is 0 Å². The van der Waals surface area contributed by atoms with Gasteiger partial charge in [0.05, 0.1) is 6.21 Å². The van der Waals surface area contributed by atoms with Gasteiger partial charge in [0.2, 0.25) is 5.91 Å². The molecule has 0 bridgehead atoms. The highest BCUT2D eigenvalue weighted by molar-refractivity contribution is 9.10. The fourth-order valence-electron chi connectivity index (χ4n) is 3.68. The molecule has 1 aromatic rings. The smallest absolute Gasteiger partial charge is 0.244 e. The minimum Gasteiger partial charge on any atom is -0.273 e. The molecule has 0 saturated heterocycles. The van der Waals surface area contributed by atoms with Crippen LogP contribution >= 0.6 is 15.9 Å².